The maximum Gasteiger partial charge on any atom is 0.305 e. The van der Waals surface area contributed by atoms with Crippen molar-refractivity contribution in [3.8, 4) is 0 Å². The Balaban J connectivity index is 1.96. The van der Waals surface area contributed by atoms with Crippen LogP contribution < -0.4 is 5.32 Å². The standard InChI is InChI=1S/C12H22N2O4/c1-14(9-12(17)2-4-18-5-3-12)11(6-10(15)16)7-13-8-11/h13,17H,2-9H2,1H3,(H,15,16). The monoisotopic (exact) mass is 258 g/mol. The molecule has 0 saturated carbocycles. The highest BCUT2D eigenvalue weighted by molar-refractivity contribution is 5.68. The topological polar surface area (TPSA) is 82.0 Å². The van der Waals surface area contributed by atoms with E-state index in [1.807, 2.05) is 11.9 Å². The first-order chi connectivity index (χ1) is 8.46. The molecule has 0 unspecified atom stereocenters. The Morgan fingerprint density at radius 3 is 2.44 bits per heavy atom. The van der Waals surface area contributed by atoms with E-state index in [-0.39, 0.29) is 12.0 Å². The van der Waals surface area contributed by atoms with Gasteiger partial charge in [0, 0.05) is 45.7 Å². The van der Waals surface area contributed by atoms with E-state index >= 15 is 0 Å². The second-order valence-electron chi connectivity index (χ2n) is 5.59. The molecule has 2 heterocycles. The third-order valence-corrected chi connectivity index (χ3v) is 4.15. The van der Waals surface area contributed by atoms with Crippen LogP contribution in [0.25, 0.3) is 0 Å². The SMILES string of the molecule is CN(CC1(O)CCOCC1)C1(CC(=O)O)CNC1. The van der Waals surface area contributed by atoms with E-state index in [2.05, 4.69) is 5.32 Å². The number of nitrogens with one attached hydrogen (secondary N) is 1. The van der Waals surface area contributed by atoms with Crippen LogP contribution in [0.15, 0.2) is 0 Å². The molecule has 2 saturated heterocycles. The van der Waals surface area contributed by atoms with Gasteiger partial charge in [-0.25, -0.2) is 0 Å². The van der Waals surface area contributed by atoms with Gasteiger partial charge in [0.05, 0.1) is 17.6 Å². The van der Waals surface area contributed by atoms with E-state index in [9.17, 15) is 9.90 Å². The van der Waals surface area contributed by atoms with Gasteiger partial charge in [-0.2, -0.15) is 0 Å². The largest absolute Gasteiger partial charge is 0.481 e. The number of β-amino-alcohol motifs (C(OH)–C–C–N with tert-alkyl or cyclic N) is 1. The Morgan fingerprint density at radius 2 is 2.00 bits per heavy atom. The summed E-state index contributed by atoms with van der Waals surface area (Å²) >= 11 is 0. The fourth-order valence-electron chi connectivity index (χ4n) is 2.74. The number of carboxylic acids is 1. The smallest absolute Gasteiger partial charge is 0.305 e. The number of hydrogen-bond donors (Lipinski definition) is 3. The summed E-state index contributed by atoms with van der Waals surface area (Å²) in [6.45, 7) is 3.00. The number of ether oxygens (including phenoxy) is 1. The zero-order valence-corrected chi connectivity index (χ0v) is 10.8. The number of nitrogens with zero attached hydrogens (tertiary/aromatic N) is 1. The summed E-state index contributed by atoms with van der Waals surface area (Å²) in [5, 5.41) is 22.6. The van der Waals surface area contributed by atoms with Crippen LogP contribution in [0.5, 0.6) is 0 Å². The molecule has 2 fully saturated rings. The molecular weight excluding hydrogens is 236 g/mol. The molecule has 6 heteroatoms. The van der Waals surface area contributed by atoms with Gasteiger partial charge in [-0.3, -0.25) is 9.69 Å². The molecule has 3 N–H and O–H groups in total. The lowest BCUT2D eigenvalue weighted by atomic mass is 9.84. The van der Waals surface area contributed by atoms with Gasteiger partial charge in [-0.05, 0) is 7.05 Å². The van der Waals surface area contributed by atoms with E-state index < -0.39 is 11.6 Å². The number of likely N-dealkylation sites (N-methyl/N-ethyl adjacent to an activating group) is 1. The average molecular weight is 258 g/mol. The summed E-state index contributed by atoms with van der Waals surface area (Å²) in [6, 6.07) is 0. The van der Waals surface area contributed by atoms with Crippen molar-refractivity contribution < 1.29 is 19.7 Å². The Hall–Kier alpha value is -0.690. The van der Waals surface area contributed by atoms with Crippen LogP contribution in [0.3, 0.4) is 0 Å². The molecule has 2 rings (SSSR count). The summed E-state index contributed by atoms with van der Waals surface area (Å²) in [5.74, 6) is -0.790. The minimum Gasteiger partial charge on any atom is -0.481 e. The summed E-state index contributed by atoms with van der Waals surface area (Å²) < 4.78 is 5.25. The van der Waals surface area contributed by atoms with E-state index in [1.54, 1.807) is 0 Å². The van der Waals surface area contributed by atoms with Crippen molar-refractivity contribution >= 4 is 5.97 Å². The third kappa shape index (κ3) is 2.83. The number of aliphatic carboxylic acids is 1. The molecule has 0 spiro atoms. The Kier molecular flexibility index (Phi) is 3.91. The Morgan fingerprint density at radius 1 is 1.39 bits per heavy atom. The van der Waals surface area contributed by atoms with Gasteiger partial charge in [-0.15, -0.1) is 0 Å². The summed E-state index contributed by atoms with van der Waals surface area (Å²) in [6.07, 6.45) is 1.35. The Labute approximate surface area is 107 Å². The first-order valence-corrected chi connectivity index (χ1v) is 6.40. The number of hydrogen-bond acceptors (Lipinski definition) is 5. The van der Waals surface area contributed by atoms with Crippen LogP contribution >= 0.6 is 0 Å². The molecule has 6 nitrogen and oxygen atoms in total. The van der Waals surface area contributed by atoms with Crippen LogP contribution in [-0.2, 0) is 9.53 Å². The molecule has 0 aromatic heterocycles. The van der Waals surface area contributed by atoms with Gasteiger partial charge in [0.15, 0.2) is 0 Å². The van der Waals surface area contributed by atoms with Crippen molar-refractivity contribution in [1.29, 1.82) is 0 Å². The highest BCUT2D eigenvalue weighted by Crippen LogP contribution is 2.28. The molecule has 0 aliphatic carbocycles. The number of carboxylic acid groups (broad SMARTS) is 1. The first kappa shape index (κ1) is 13.7. The minimum atomic E-state index is -0.790. The highest BCUT2D eigenvalue weighted by atomic mass is 16.5. The second kappa shape index (κ2) is 5.13. The predicted molar refractivity (Wildman–Crippen MR) is 65.5 cm³/mol. The fourth-order valence-corrected chi connectivity index (χ4v) is 2.74. The minimum absolute atomic E-state index is 0.114. The van der Waals surface area contributed by atoms with E-state index in [0.29, 0.717) is 45.7 Å². The maximum absolute atomic E-state index is 10.9. The van der Waals surface area contributed by atoms with Crippen LogP contribution in [-0.4, -0.2) is 72.1 Å². The molecule has 0 aromatic rings. The zero-order chi connectivity index (χ0) is 13.2. The maximum atomic E-state index is 10.9. The van der Waals surface area contributed by atoms with Gasteiger partial charge in [0.2, 0.25) is 0 Å². The lowest BCUT2D eigenvalue weighted by Crippen LogP contribution is -2.70. The third-order valence-electron chi connectivity index (χ3n) is 4.15. The summed E-state index contributed by atoms with van der Waals surface area (Å²) in [5.41, 5.74) is -1.09. The predicted octanol–water partition coefficient (Wildman–Crippen LogP) is -0.724. The molecule has 0 aromatic carbocycles. The molecule has 0 radical (unpaired) electrons. The van der Waals surface area contributed by atoms with Crippen molar-refractivity contribution in [1.82, 2.24) is 10.2 Å². The van der Waals surface area contributed by atoms with Gasteiger partial charge in [0.1, 0.15) is 0 Å². The summed E-state index contributed by atoms with van der Waals surface area (Å²) in [7, 11) is 1.90. The quantitative estimate of drug-likeness (QED) is 0.603. The second-order valence-corrected chi connectivity index (χ2v) is 5.59. The molecule has 2 aliphatic rings. The normalized spacial score (nSPS) is 25.7. The number of carbonyl (C=O) groups is 1. The van der Waals surface area contributed by atoms with Crippen molar-refractivity contribution in [3.05, 3.63) is 0 Å². The lowest BCUT2D eigenvalue weighted by molar-refractivity contribution is -0.144. The molecule has 0 atom stereocenters. The van der Waals surface area contributed by atoms with E-state index in [0.717, 1.165) is 0 Å². The molecule has 0 bridgehead atoms. The lowest BCUT2D eigenvalue weighted by Gasteiger charge is -2.51. The van der Waals surface area contributed by atoms with Crippen molar-refractivity contribution in [3.63, 3.8) is 0 Å². The first-order valence-electron chi connectivity index (χ1n) is 6.40. The van der Waals surface area contributed by atoms with Crippen LogP contribution in [0.4, 0.5) is 0 Å². The number of rotatable bonds is 5. The zero-order valence-electron chi connectivity index (χ0n) is 10.8. The van der Waals surface area contributed by atoms with E-state index in [4.69, 9.17) is 9.84 Å². The Bertz CT molecular complexity index is 311. The number of aliphatic hydroxyl groups is 1. The molecule has 18 heavy (non-hydrogen) atoms. The van der Waals surface area contributed by atoms with Crippen LogP contribution in [0, 0.1) is 0 Å². The van der Waals surface area contributed by atoms with Crippen molar-refractivity contribution in [2.75, 3.05) is 39.9 Å². The van der Waals surface area contributed by atoms with E-state index in [1.165, 1.54) is 0 Å². The fraction of sp³-hybridized carbons (Fsp3) is 0.917. The van der Waals surface area contributed by atoms with Gasteiger partial charge < -0.3 is 20.3 Å². The molecule has 2 aliphatic heterocycles. The molecule has 104 valence electrons. The molecular formula is C12H22N2O4. The van der Waals surface area contributed by atoms with Crippen molar-refractivity contribution in [2.24, 2.45) is 0 Å². The van der Waals surface area contributed by atoms with Crippen molar-refractivity contribution in [2.45, 2.75) is 30.4 Å². The van der Waals surface area contributed by atoms with Gasteiger partial charge >= 0.3 is 5.97 Å². The molecule has 0 amide bonds. The van der Waals surface area contributed by atoms with Crippen LogP contribution in [0.2, 0.25) is 0 Å². The van der Waals surface area contributed by atoms with Gasteiger partial charge in [0.25, 0.3) is 0 Å². The highest BCUT2D eigenvalue weighted by Gasteiger charge is 2.45. The summed E-state index contributed by atoms with van der Waals surface area (Å²) in [4.78, 5) is 13.0. The van der Waals surface area contributed by atoms with Gasteiger partial charge in [-0.1, -0.05) is 0 Å². The van der Waals surface area contributed by atoms with Crippen LogP contribution in [0.1, 0.15) is 19.3 Å². The average Bonchev–Trinajstić information content (AvgIpc) is 2.23.